The summed E-state index contributed by atoms with van der Waals surface area (Å²) in [7, 11) is 0. The SMILES string of the molecule is CC(C)C[C@H](N)C(=O)NCC1CCCC1. The van der Waals surface area contributed by atoms with Crippen LogP contribution < -0.4 is 11.1 Å². The van der Waals surface area contributed by atoms with Gasteiger partial charge in [0, 0.05) is 6.54 Å². The molecule has 0 unspecified atom stereocenters. The van der Waals surface area contributed by atoms with Crippen molar-refractivity contribution in [2.45, 2.75) is 52.0 Å². The fraction of sp³-hybridized carbons (Fsp3) is 0.917. The zero-order valence-electron chi connectivity index (χ0n) is 9.96. The molecule has 0 aromatic rings. The van der Waals surface area contributed by atoms with E-state index in [1.165, 1.54) is 25.7 Å². The maximum absolute atomic E-state index is 11.6. The smallest absolute Gasteiger partial charge is 0.236 e. The van der Waals surface area contributed by atoms with Crippen LogP contribution in [0.2, 0.25) is 0 Å². The van der Waals surface area contributed by atoms with Crippen LogP contribution in [0.25, 0.3) is 0 Å². The number of rotatable bonds is 5. The van der Waals surface area contributed by atoms with Crippen molar-refractivity contribution in [2.24, 2.45) is 17.6 Å². The normalized spacial score (nSPS) is 19.5. The highest BCUT2D eigenvalue weighted by molar-refractivity contribution is 5.81. The van der Waals surface area contributed by atoms with Gasteiger partial charge in [-0.3, -0.25) is 4.79 Å². The Balaban J connectivity index is 2.16. The van der Waals surface area contributed by atoms with E-state index in [1.807, 2.05) is 0 Å². The average Bonchev–Trinajstić information content (AvgIpc) is 2.65. The van der Waals surface area contributed by atoms with Gasteiger partial charge in [-0.25, -0.2) is 0 Å². The Bertz CT molecular complexity index is 198. The van der Waals surface area contributed by atoms with Crippen molar-refractivity contribution >= 4 is 5.91 Å². The van der Waals surface area contributed by atoms with Crippen LogP contribution >= 0.6 is 0 Å². The summed E-state index contributed by atoms with van der Waals surface area (Å²) >= 11 is 0. The quantitative estimate of drug-likeness (QED) is 0.728. The lowest BCUT2D eigenvalue weighted by Gasteiger charge is -2.16. The van der Waals surface area contributed by atoms with Crippen LogP contribution in [0.3, 0.4) is 0 Å². The molecular formula is C12H24N2O. The van der Waals surface area contributed by atoms with Crippen LogP contribution in [-0.2, 0) is 4.79 Å². The number of hydrogen-bond donors (Lipinski definition) is 2. The minimum absolute atomic E-state index is 0.0237. The van der Waals surface area contributed by atoms with Gasteiger partial charge in [0.1, 0.15) is 0 Å². The van der Waals surface area contributed by atoms with Crippen LogP contribution in [0.5, 0.6) is 0 Å². The molecule has 3 N–H and O–H groups in total. The molecule has 1 fully saturated rings. The predicted molar refractivity (Wildman–Crippen MR) is 62.4 cm³/mol. The molecule has 88 valence electrons. The predicted octanol–water partition coefficient (Wildman–Crippen LogP) is 1.67. The minimum Gasteiger partial charge on any atom is -0.354 e. The fourth-order valence-corrected chi connectivity index (χ4v) is 2.21. The molecule has 1 aliphatic rings. The maximum Gasteiger partial charge on any atom is 0.236 e. The lowest BCUT2D eigenvalue weighted by Crippen LogP contribution is -2.42. The first kappa shape index (κ1) is 12.5. The lowest BCUT2D eigenvalue weighted by atomic mass is 10.0. The molecule has 1 aliphatic carbocycles. The first-order valence-corrected chi connectivity index (χ1v) is 6.13. The second-order valence-electron chi connectivity index (χ2n) is 5.13. The molecule has 0 aromatic carbocycles. The zero-order chi connectivity index (χ0) is 11.3. The molecule has 0 aliphatic heterocycles. The van der Waals surface area contributed by atoms with E-state index in [1.54, 1.807) is 0 Å². The van der Waals surface area contributed by atoms with E-state index in [-0.39, 0.29) is 11.9 Å². The molecule has 1 rings (SSSR count). The largest absolute Gasteiger partial charge is 0.354 e. The fourth-order valence-electron chi connectivity index (χ4n) is 2.21. The van der Waals surface area contributed by atoms with Gasteiger partial charge in [0.2, 0.25) is 5.91 Å². The Hall–Kier alpha value is -0.570. The molecular weight excluding hydrogens is 188 g/mol. The average molecular weight is 212 g/mol. The number of amides is 1. The van der Waals surface area contributed by atoms with Crippen molar-refractivity contribution in [3.05, 3.63) is 0 Å². The number of carbonyl (C=O) groups excluding carboxylic acids is 1. The standard InChI is InChI=1S/C12H24N2O/c1-9(2)7-11(13)12(15)14-8-10-5-3-4-6-10/h9-11H,3-8,13H2,1-2H3,(H,14,15)/t11-/m0/s1. The van der Waals surface area contributed by atoms with Crippen molar-refractivity contribution in [1.29, 1.82) is 0 Å². The third kappa shape index (κ3) is 4.65. The maximum atomic E-state index is 11.6. The summed E-state index contributed by atoms with van der Waals surface area (Å²) in [5.74, 6) is 1.20. The van der Waals surface area contributed by atoms with Gasteiger partial charge in [0.15, 0.2) is 0 Å². The van der Waals surface area contributed by atoms with Gasteiger partial charge in [-0.2, -0.15) is 0 Å². The second kappa shape index (κ2) is 6.11. The highest BCUT2D eigenvalue weighted by Gasteiger charge is 2.18. The van der Waals surface area contributed by atoms with Gasteiger partial charge >= 0.3 is 0 Å². The third-order valence-corrected chi connectivity index (χ3v) is 3.10. The van der Waals surface area contributed by atoms with E-state index in [4.69, 9.17) is 5.73 Å². The van der Waals surface area contributed by atoms with Crippen LogP contribution in [0.4, 0.5) is 0 Å². The first-order chi connectivity index (χ1) is 7.09. The third-order valence-electron chi connectivity index (χ3n) is 3.10. The Morgan fingerprint density at radius 1 is 1.40 bits per heavy atom. The van der Waals surface area contributed by atoms with Crippen LogP contribution in [0.1, 0.15) is 46.0 Å². The van der Waals surface area contributed by atoms with Crippen molar-refractivity contribution < 1.29 is 4.79 Å². The van der Waals surface area contributed by atoms with E-state index in [2.05, 4.69) is 19.2 Å². The molecule has 0 spiro atoms. The van der Waals surface area contributed by atoms with Gasteiger partial charge in [0.25, 0.3) is 0 Å². The van der Waals surface area contributed by atoms with Crippen molar-refractivity contribution in [3.63, 3.8) is 0 Å². The second-order valence-corrected chi connectivity index (χ2v) is 5.13. The number of nitrogens with one attached hydrogen (secondary N) is 1. The van der Waals surface area contributed by atoms with E-state index in [9.17, 15) is 4.79 Å². The zero-order valence-corrected chi connectivity index (χ0v) is 9.96. The van der Waals surface area contributed by atoms with E-state index in [0.29, 0.717) is 11.8 Å². The molecule has 1 saturated carbocycles. The molecule has 0 bridgehead atoms. The number of carbonyl (C=O) groups is 1. The summed E-state index contributed by atoms with van der Waals surface area (Å²) in [4.78, 5) is 11.6. The number of nitrogens with two attached hydrogens (primary N) is 1. The summed E-state index contributed by atoms with van der Waals surface area (Å²) < 4.78 is 0. The van der Waals surface area contributed by atoms with Gasteiger partial charge in [-0.05, 0) is 31.1 Å². The van der Waals surface area contributed by atoms with E-state index >= 15 is 0 Å². The molecule has 0 heterocycles. The van der Waals surface area contributed by atoms with Crippen molar-refractivity contribution in [3.8, 4) is 0 Å². The molecule has 3 heteroatoms. The Morgan fingerprint density at radius 3 is 2.53 bits per heavy atom. The van der Waals surface area contributed by atoms with Gasteiger partial charge in [-0.15, -0.1) is 0 Å². The minimum atomic E-state index is -0.327. The Labute approximate surface area is 92.8 Å². The van der Waals surface area contributed by atoms with Crippen LogP contribution in [0.15, 0.2) is 0 Å². The lowest BCUT2D eigenvalue weighted by molar-refractivity contribution is -0.122. The van der Waals surface area contributed by atoms with E-state index < -0.39 is 0 Å². The molecule has 1 atom stereocenters. The van der Waals surface area contributed by atoms with Crippen LogP contribution in [0, 0.1) is 11.8 Å². The molecule has 0 saturated heterocycles. The van der Waals surface area contributed by atoms with Gasteiger partial charge in [0.05, 0.1) is 6.04 Å². The monoisotopic (exact) mass is 212 g/mol. The van der Waals surface area contributed by atoms with Crippen molar-refractivity contribution in [1.82, 2.24) is 5.32 Å². The molecule has 3 nitrogen and oxygen atoms in total. The molecule has 15 heavy (non-hydrogen) atoms. The first-order valence-electron chi connectivity index (χ1n) is 6.13. The highest BCUT2D eigenvalue weighted by atomic mass is 16.2. The van der Waals surface area contributed by atoms with Gasteiger partial charge in [-0.1, -0.05) is 26.7 Å². The molecule has 1 amide bonds. The Kier molecular flexibility index (Phi) is 5.09. The molecule has 0 aromatic heterocycles. The summed E-state index contributed by atoms with van der Waals surface area (Å²) in [5.41, 5.74) is 5.79. The van der Waals surface area contributed by atoms with Gasteiger partial charge < -0.3 is 11.1 Å². The van der Waals surface area contributed by atoms with Crippen molar-refractivity contribution in [2.75, 3.05) is 6.54 Å². The molecule has 0 radical (unpaired) electrons. The summed E-state index contributed by atoms with van der Waals surface area (Å²) in [6.07, 6.45) is 5.94. The topological polar surface area (TPSA) is 55.1 Å². The Morgan fingerprint density at radius 2 is 2.00 bits per heavy atom. The number of hydrogen-bond acceptors (Lipinski definition) is 2. The van der Waals surface area contributed by atoms with E-state index in [0.717, 1.165) is 13.0 Å². The summed E-state index contributed by atoms with van der Waals surface area (Å²) in [6.45, 7) is 5.00. The highest BCUT2D eigenvalue weighted by Crippen LogP contribution is 2.23. The summed E-state index contributed by atoms with van der Waals surface area (Å²) in [5, 5.41) is 2.97. The summed E-state index contributed by atoms with van der Waals surface area (Å²) in [6, 6.07) is -0.327. The van der Waals surface area contributed by atoms with Crippen LogP contribution in [-0.4, -0.2) is 18.5 Å².